The minimum atomic E-state index is 0.417. The molecule has 106 valence electrons. The maximum atomic E-state index is 3.79. The summed E-state index contributed by atoms with van der Waals surface area (Å²) in [5.41, 5.74) is 6.86. The van der Waals surface area contributed by atoms with E-state index in [-0.39, 0.29) is 0 Å². The second-order valence-electron chi connectivity index (χ2n) is 6.48. The van der Waals surface area contributed by atoms with Crippen molar-refractivity contribution < 1.29 is 0 Å². The van der Waals surface area contributed by atoms with E-state index in [1.165, 1.54) is 34.4 Å². The lowest BCUT2D eigenvalue weighted by Crippen LogP contribution is -2.29. The van der Waals surface area contributed by atoms with Crippen LogP contribution in [0.5, 0.6) is 0 Å². The van der Waals surface area contributed by atoms with Crippen LogP contribution in [0.3, 0.4) is 0 Å². The first-order chi connectivity index (χ1) is 10.2. The third kappa shape index (κ3) is 2.08. The molecule has 0 unspecified atom stereocenters. The van der Waals surface area contributed by atoms with Gasteiger partial charge in [0.05, 0.1) is 6.04 Å². The predicted octanol–water partition coefficient (Wildman–Crippen LogP) is 5.13. The smallest absolute Gasteiger partial charge is 0.0553 e. The molecular weight excluding hydrogens is 254 g/mol. The van der Waals surface area contributed by atoms with Crippen molar-refractivity contribution in [1.82, 2.24) is 0 Å². The molecule has 0 saturated carbocycles. The Bertz CT molecular complexity index is 696. The summed E-state index contributed by atoms with van der Waals surface area (Å²) in [5.74, 6) is 1.20. The van der Waals surface area contributed by atoms with Gasteiger partial charge in [0.2, 0.25) is 0 Å². The van der Waals surface area contributed by atoms with Crippen molar-refractivity contribution in [3.63, 3.8) is 0 Å². The first kappa shape index (κ1) is 12.7. The first-order valence-corrected chi connectivity index (χ1v) is 7.83. The van der Waals surface area contributed by atoms with Crippen LogP contribution in [-0.4, -0.2) is 0 Å². The van der Waals surface area contributed by atoms with Crippen LogP contribution < -0.4 is 5.32 Å². The van der Waals surface area contributed by atoms with Gasteiger partial charge in [0.1, 0.15) is 0 Å². The van der Waals surface area contributed by atoms with E-state index in [9.17, 15) is 0 Å². The Morgan fingerprint density at radius 1 is 0.952 bits per heavy atom. The lowest BCUT2D eigenvalue weighted by atomic mass is 9.76. The van der Waals surface area contributed by atoms with Crippen molar-refractivity contribution in [2.45, 2.75) is 32.2 Å². The molecule has 1 heterocycles. The number of rotatable bonds is 1. The van der Waals surface area contributed by atoms with Gasteiger partial charge in [0, 0.05) is 11.6 Å². The summed E-state index contributed by atoms with van der Waals surface area (Å²) in [6.07, 6.45) is 5.93. The van der Waals surface area contributed by atoms with E-state index in [4.69, 9.17) is 0 Å². The van der Waals surface area contributed by atoms with Crippen LogP contribution in [0, 0.1) is 19.8 Å². The Kier molecular flexibility index (Phi) is 2.88. The van der Waals surface area contributed by atoms with Gasteiger partial charge in [-0.3, -0.25) is 0 Å². The maximum Gasteiger partial charge on any atom is 0.0553 e. The minimum absolute atomic E-state index is 0.417. The normalized spacial score (nSPS) is 26.1. The van der Waals surface area contributed by atoms with Gasteiger partial charge in [0.25, 0.3) is 0 Å². The molecule has 2 aliphatic rings. The van der Waals surface area contributed by atoms with E-state index < -0.39 is 0 Å². The molecule has 1 heteroatoms. The van der Waals surface area contributed by atoms with Gasteiger partial charge in [-0.05, 0) is 43.4 Å². The molecule has 0 spiro atoms. The molecule has 1 aliphatic carbocycles. The number of hydrogen-bond acceptors (Lipinski definition) is 1. The number of aryl methyl sites for hydroxylation is 2. The zero-order valence-electron chi connectivity index (χ0n) is 12.6. The number of nitrogens with one attached hydrogen (secondary N) is 1. The van der Waals surface area contributed by atoms with E-state index in [0.717, 1.165) is 0 Å². The number of benzene rings is 2. The third-order valence-electron chi connectivity index (χ3n) is 4.95. The summed E-state index contributed by atoms with van der Waals surface area (Å²) in [5, 5.41) is 3.79. The van der Waals surface area contributed by atoms with Crippen LogP contribution in [0.1, 0.15) is 40.6 Å². The van der Waals surface area contributed by atoms with Gasteiger partial charge in [-0.15, -0.1) is 0 Å². The molecule has 0 bridgehead atoms. The first-order valence-electron chi connectivity index (χ1n) is 7.83. The van der Waals surface area contributed by atoms with Gasteiger partial charge in [-0.1, -0.05) is 59.7 Å². The van der Waals surface area contributed by atoms with Crippen molar-refractivity contribution in [1.29, 1.82) is 0 Å². The second kappa shape index (κ2) is 4.77. The van der Waals surface area contributed by atoms with E-state index >= 15 is 0 Å². The predicted molar refractivity (Wildman–Crippen MR) is 88.7 cm³/mol. The molecule has 0 amide bonds. The monoisotopic (exact) mass is 275 g/mol. The van der Waals surface area contributed by atoms with E-state index in [1.807, 2.05) is 0 Å². The topological polar surface area (TPSA) is 12.0 Å². The van der Waals surface area contributed by atoms with Crippen molar-refractivity contribution >= 4 is 5.69 Å². The molecule has 1 aliphatic heterocycles. The van der Waals surface area contributed by atoms with Crippen LogP contribution in [0.15, 0.2) is 54.6 Å². The average Bonchev–Trinajstić information content (AvgIpc) is 2.97. The van der Waals surface area contributed by atoms with Crippen LogP contribution >= 0.6 is 0 Å². The van der Waals surface area contributed by atoms with E-state index in [2.05, 4.69) is 73.8 Å². The summed E-state index contributed by atoms with van der Waals surface area (Å²) < 4.78 is 0. The summed E-state index contributed by atoms with van der Waals surface area (Å²) >= 11 is 0. The molecular formula is C20H21N. The van der Waals surface area contributed by atoms with Crippen molar-refractivity contribution in [2.24, 2.45) is 5.92 Å². The lowest BCUT2D eigenvalue weighted by Gasteiger charge is -2.37. The molecule has 21 heavy (non-hydrogen) atoms. The highest BCUT2D eigenvalue weighted by atomic mass is 15.0. The largest absolute Gasteiger partial charge is 0.378 e. The highest BCUT2D eigenvalue weighted by molar-refractivity contribution is 5.60. The summed E-state index contributed by atoms with van der Waals surface area (Å²) in [6.45, 7) is 4.33. The fourth-order valence-corrected chi connectivity index (χ4v) is 3.82. The number of fused-ring (bicyclic) bond motifs is 3. The molecule has 2 aromatic rings. The Balaban J connectivity index is 1.78. The minimum Gasteiger partial charge on any atom is -0.378 e. The average molecular weight is 275 g/mol. The summed E-state index contributed by atoms with van der Waals surface area (Å²) in [4.78, 5) is 0. The molecule has 3 atom stereocenters. The molecule has 4 rings (SSSR count). The SMILES string of the molecule is Cc1ccc([C@@H]2Nc3ccc(C)cc3[C@@H]3C=CC[C@@H]32)cc1. The fourth-order valence-electron chi connectivity index (χ4n) is 3.82. The number of allylic oxidation sites excluding steroid dienone is 2. The van der Waals surface area contributed by atoms with Gasteiger partial charge in [-0.2, -0.15) is 0 Å². The quantitative estimate of drug-likeness (QED) is 0.711. The van der Waals surface area contributed by atoms with Crippen molar-refractivity contribution in [3.05, 3.63) is 76.9 Å². The Morgan fingerprint density at radius 2 is 1.71 bits per heavy atom. The molecule has 0 aromatic heterocycles. The maximum absolute atomic E-state index is 3.79. The van der Waals surface area contributed by atoms with Gasteiger partial charge < -0.3 is 5.32 Å². The molecule has 0 fully saturated rings. The van der Waals surface area contributed by atoms with Gasteiger partial charge in [0.15, 0.2) is 0 Å². The Hall–Kier alpha value is -2.02. The van der Waals surface area contributed by atoms with Crippen LogP contribution in [0.4, 0.5) is 5.69 Å². The molecule has 1 N–H and O–H groups in total. The van der Waals surface area contributed by atoms with Gasteiger partial charge >= 0.3 is 0 Å². The number of hydrogen-bond donors (Lipinski definition) is 1. The summed E-state index contributed by atoms with van der Waals surface area (Å²) in [7, 11) is 0. The highest BCUT2D eigenvalue weighted by Crippen LogP contribution is 2.49. The Labute approximate surface area is 126 Å². The number of anilines is 1. The molecule has 0 radical (unpaired) electrons. The van der Waals surface area contributed by atoms with E-state index in [1.54, 1.807) is 0 Å². The van der Waals surface area contributed by atoms with Crippen molar-refractivity contribution in [2.75, 3.05) is 5.32 Å². The Morgan fingerprint density at radius 3 is 2.52 bits per heavy atom. The molecule has 1 nitrogen and oxygen atoms in total. The summed E-state index contributed by atoms with van der Waals surface area (Å²) in [6, 6.07) is 16.2. The van der Waals surface area contributed by atoms with Crippen molar-refractivity contribution in [3.8, 4) is 0 Å². The zero-order chi connectivity index (χ0) is 14.4. The fraction of sp³-hybridized carbons (Fsp3) is 0.300. The lowest BCUT2D eigenvalue weighted by molar-refractivity contribution is 0.425. The highest BCUT2D eigenvalue weighted by Gasteiger charge is 2.37. The van der Waals surface area contributed by atoms with E-state index in [0.29, 0.717) is 17.9 Å². The second-order valence-corrected chi connectivity index (χ2v) is 6.48. The zero-order valence-corrected chi connectivity index (χ0v) is 12.6. The molecule has 2 aromatic carbocycles. The van der Waals surface area contributed by atoms with Gasteiger partial charge in [-0.25, -0.2) is 0 Å². The van der Waals surface area contributed by atoms with Crippen LogP contribution in [0.25, 0.3) is 0 Å². The molecule has 0 saturated heterocycles. The standard InChI is InChI=1S/C20H21N/c1-13-6-9-15(10-7-13)20-17-5-3-4-16(17)18-12-14(2)8-11-19(18)21-20/h3-4,6-12,16-17,20-21H,5H2,1-2H3/t16-,17+,20+/m1/s1. The van der Waals surface area contributed by atoms with Crippen LogP contribution in [-0.2, 0) is 0 Å². The third-order valence-corrected chi connectivity index (χ3v) is 4.95. The van der Waals surface area contributed by atoms with Crippen LogP contribution in [0.2, 0.25) is 0 Å².